The molecule has 3 aromatic carbocycles. The molecule has 0 bridgehead atoms. The molecular formula is C31H29N7O3. The summed E-state index contributed by atoms with van der Waals surface area (Å²) < 4.78 is 14.5. The number of piperazine rings is 1. The van der Waals surface area contributed by atoms with Gasteiger partial charge in [0.2, 0.25) is 5.91 Å². The topological polar surface area (TPSA) is 97.6 Å². The van der Waals surface area contributed by atoms with Crippen LogP contribution in [0.25, 0.3) is 21.9 Å². The van der Waals surface area contributed by atoms with E-state index in [1.807, 2.05) is 72.0 Å². The van der Waals surface area contributed by atoms with Crippen LogP contribution >= 0.6 is 0 Å². The van der Waals surface area contributed by atoms with Crippen LogP contribution in [0.15, 0.2) is 73.8 Å². The number of imidazole rings is 1. The van der Waals surface area contributed by atoms with Crippen LogP contribution in [-0.4, -0.2) is 62.6 Å². The third-order valence-corrected chi connectivity index (χ3v) is 7.80. The van der Waals surface area contributed by atoms with Crippen molar-refractivity contribution in [2.24, 2.45) is 7.05 Å². The van der Waals surface area contributed by atoms with Crippen molar-refractivity contribution in [1.29, 1.82) is 0 Å². The number of amides is 1. The maximum atomic E-state index is 12.2. The first-order chi connectivity index (χ1) is 20.0. The molecule has 0 unspecified atom stereocenters. The first-order valence-corrected chi connectivity index (χ1v) is 13.5. The summed E-state index contributed by atoms with van der Waals surface area (Å²) in [6.07, 6.45) is 4.72. The molecule has 2 aliphatic rings. The number of hydrogen-bond acceptors (Lipinski definition) is 8. The van der Waals surface area contributed by atoms with Crippen LogP contribution < -0.4 is 19.7 Å². The molecule has 2 aromatic heterocycles. The Morgan fingerprint density at radius 3 is 2.85 bits per heavy atom. The van der Waals surface area contributed by atoms with E-state index in [1.54, 1.807) is 12.7 Å². The fraction of sp³-hybridized carbons (Fsp3) is 0.226. The smallest absolute Gasteiger partial charge is 0.246 e. The van der Waals surface area contributed by atoms with E-state index in [0.29, 0.717) is 25.5 Å². The third kappa shape index (κ3) is 4.37. The molecule has 0 aliphatic carbocycles. The van der Waals surface area contributed by atoms with Gasteiger partial charge in [0.25, 0.3) is 0 Å². The highest BCUT2D eigenvalue weighted by Gasteiger charge is 2.35. The molecule has 5 aromatic rings. The summed E-state index contributed by atoms with van der Waals surface area (Å²) in [5, 5.41) is 4.30. The van der Waals surface area contributed by atoms with Gasteiger partial charge >= 0.3 is 0 Å². The van der Waals surface area contributed by atoms with E-state index in [9.17, 15) is 4.79 Å². The first-order valence-electron chi connectivity index (χ1n) is 13.5. The molecule has 1 amide bonds. The Morgan fingerprint density at radius 1 is 1.10 bits per heavy atom. The quantitative estimate of drug-likeness (QED) is 0.309. The van der Waals surface area contributed by atoms with Crippen LogP contribution in [0.4, 0.5) is 17.2 Å². The predicted octanol–water partition coefficient (Wildman–Crippen LogP) is 4.96. The van der Waals surface area contributed by atoms with E-state index in [1.165, 1.54) is 6.08 Å². The van der Waals surface area contributed by atoms with Crippen molar-refractivity contribution in [2.45, 2.75) is 13.0 Å². The van der Waals surface area contributed by atoms with Crippen molar-refractivity contribution in [3.63, 3.8) is 0 Å². The number of carbonyl (C=O) groups is 1. The van der Waals surface area contributed by atoms with Gasteiger partial charge in [0, 0.05) is 38.4 Å². The highest BCUT2D eigenvalue weighted by molar-refractivity contribution is 6.00. The zero-order valence-corrected chi connectivity index (χ0v) is 22.9. The van der Waals surface area contributed by atoms with Crippen molar-refractivity contribution < 1.29 is 14.3 Å². The lowest BCUT2D eigenvalue weighted by Gasteiger charge is -2.45. The van der Waals surface area contributed by atoms with Gasteiger partial charge in [0.1, 0.15) is 30.3 Å². The number of carbonyl (C=O) groups excluding carboxylic acids is 1. The van der Waals surface area contributed by atoms with Crippen LogP contribution in [-0.2, 0) is 11.8 Å². The summed E-state index contributed by atoms with van der Waals surface area (Å²) >= 11 is 0. The van der Waals surface area contributed by atoms with Crippen LogP contribution in [0.1, 0.15) is 5.56 Å². The molecule has 0 radical (unpaired) electrons. The number of nitrogens with one attached hydrogen (secondary N) is 1. The number of benzene rings is 3. The van der Waals surface area contributed by atoms with Gasteiger partial charge in [-0.3, -0.25) is 4.79 Å². The number of aromatic nitrogens is 4. The Morgan fingerprint density at radius 2 is 2.00 bits per heavy atom. The lowest BCUT2D eigenvalue weighted by Crippen LogP contribution is -2.58. The standard InChI is InChI=1S/C31H29N7O3/c1-4-28(39)37-11-12-38-21(15-37)16-40-30-26(38)9-7-23-29(30)31(33-17-32-23)35-20-5-10-27(19(2)13-20)41-22-6-8-25-24(14-22)34-18-36(25)3/h4-10,13-14,17-18,21H,1,11-12,15-16H2,2-3H3,(H,32,33,35)/t21-/m1/s1. The molecule has 7 rings (SSSR count). The van der Waals surface area contributed by atoms with Crippen LogP contribution in [0.3, 0.4) is 0 Å². The van der Waals surface area contributed by atoms with Gasteiger partial charge in [-0.15, -0.1) is 0 Å². The second-order valence-electron chi connectivity index (χ2n) is 10.4. The average Bonchev–Trinajstić information content (AvgIpc) is 3.37. The van der Waals surface area contributed by atoms with E-state index < -0.39 is 0 Å². The molecule has 0 spiro atoms. The zero-order valence-electron chi connectivity index (χ0n) is 22.9. The SMILES string of the molecule is C=CC(=O)N1CCN2c3ccc4ncnc(Nc5ccc(Oc6ccc7c(c6)ncn7C)c(C)c5)c4c3OC[C@H]2C1. The monoisotopic (exact) mass is 547 g/mol. The highest BCUT2D eigenvalue weighted by atomic mass is 16.5. The Hall–Kier alpha value is -5.12. The summed E-state index contributed by atoms with van der Waals surface area (Å²) in [5.41, 5.74) is 5.57. The lowest BCUT2D eigenvalue weighted by atomic mass is 10.1. The number of rotatable bonds is 5. The van der Waals surface area contributed by atoms with E-state index >= 15 is 0 Å². The predicted molar refractivity (Wildman–Crippen MR) is 158 cm³/mol. The average molecular weight is 548 g/mol. The summed E-state index contributed by atoms with van der Waals surface area (Å²) in [4.78, 5) is 29.8. The third-order valence-electron chi connectivity index (χ3n) is 7.80. The Kier molecular flexibility index (Phi) is 5.96. The summed E-state index contributed by atoms with van der Waals surface area (Å²) in [6, 6.07) is 16.0. The second kappa shape index (κ2) is 9.81. The molecule has 1 N–H and O–H groups in total. The molecule has 41 heavy (non-hydrogen) atoms. The largest absolute Gasteiger partial charge is 0.488 e. The molecule has 1 atom stereocenters. The maximum absolute atomic E-state index is 12.2. The fourth-order valence-electron chi connectivity index (χ4n) is 5.69. The summed E-state index contributed by atoms with van der Waals surface area (Å²) in [7, 11) is 1.97. The van der Waals surface area contributed by atoms with Crippen molar-refractivity contribution in [1.82, 2.24) is 24.4 Å². The lowest BCUT2D eigenvalue weighted by molar-refractivity contribution is -0.127. The number of hydrogen-bond donors (Lipinski definition) is 1. The van der Waals surface area contributed by atoms with Gasteiger partial charge in [-0.2, -0.15) is 0 Å². The number of anilines is 3. The number of nitrogens with zero attached hydrogens (tertiary/aromatic N) is 6. The number of aryl methyl sites for hydroxylation is 2. The number of ether oxygens (including phenoxy) is 2. The fourth-order valence-corrected chi connectivity index (χ4v) is 5.69. The molecule has 2 aliphatic heterocycles. The van der Waals surface area contributed by atoms with Gasteiger partial charge in [-0.1, -0.05) is 6.58 Å². The van der Waals surface area contributed by atoms with Crippen LogP contribution in [0, 0.1) is 6.92 Å². The van der Waals surface area contributed by atoms with E-state index in [4.69, 9.17) is 9.47 Å². The van der Waals surface area contributed by atoms with Crippen molar-refractivity contribution in [3.8, 4) is 17.2 Å². The minimum absolute atomic E-state index is 0.0465. The van der Waals surface area contributed by atoms with Crippen molar-refractivity contribution >= 4 is 45.0 Å². The molecule has 10 heteroatoms. The highest BCUT2D eigenvalue weighted by Crippen LogP contribution is 2.43. The molecule has 1 saturated heterocycles. The van der Waals surface area contributed by atoms with Crippen LogP contribution in [0.5, 0.6) is 17.2 Å². The van der Waals surface area contributed by atoms with E-state index in [0.717, 1.165) is 62.7 Å². The minimum Gasteiger partial charge on any atom is -0.488 e. The summed E-state index contributed by atoms with van der Waals surface area (Å²) in [5.74, 6) is 2.87. The molecule has 4 heterocycles. The summed E-state index contributed by atoms with van der Waals surface area (Å²) in [6.45, 7) is 8.06. The van der Waals surface area contributed by atoms with Gasteiger partial charge in [-0.05, 0) is 61.0 Å². The molecule has 1 fully saturated rings. The molecule has 10 nitrogen and oxygen atoms in total. The molecular weight excluding hydrogens is 518 g/mol. The van der Waals surface area contributed by atoms with Gasteiger partial charge in [0.15, 0.2) is 5.75 Å². The van der Waals surface area contributed by atoms with Crippen molar-refractivity contribution in [2.75, 3.05) is 36.5 Å². The van der Waals surface area contributed by atoms with E-state index in [-0.39, 0.29) is 11.9 Å². The first kappa shape index (κ1) is 24.9. The second-order valence-corrected chi connectivity index (χ2v) is 10.4. The Balaban J connectivity index is 1.16. The number of fused-ring (bicyclic) bond motifs is 6. The van der Waals surface area contributed by atoms with Gasteiger partial charge < -0.3 is 29.2 Å². The van der Waals surface area contributed by atoms with Crippen LogP contribution in [0.2, 0.25) is 0 Å². The Labute approximate surface area is 236 Å². The normalized spacial score (nSPS) is 16.2. The zero-order chi connectivity index (χ0) is 28.1. The van der Waals surface area contributed by atoms with Gasteiger partial charge in [0.05, 0.1) is 40.0 Å². The Bertz CT molecular complexity index is 1830. The molecule has 0 saturated carbocycles. The minimum atomic E-state index is -0.0465. The van der Waals surface area contributed by atoms with E-state index in [2.05, 4.69) is 31.7 Å². The van der Waals surface area contributed by atoms with Crippen molar-refractivity contribution in [3.05, 3.63) is 79.4 Å². The van der Waals surface area contributed by atoms with Gasteiger partial charge in [-0.25, -0.2) is 15.0 Å². The maximum Gasteiger partial charge on any atom is 0.246 e. The molecule has 206 valence electrons.